The summed E-state index contributed by atoms with van der Waals surface area (Å²) in [4.78, 5) is 29.5. The van der Waals surface area contributed by atoms with Crippen molar-refractivity contribution in [2.75, 3.05) is 5.32 Å². The van der Waals surface area contributed by atoms with Crippen molar-refractivity contribution in [3.05, 3.63) is 57.6 Å². The van der Waals surface area contributed by atoms with Crippen LogP contribution in [0.5, 0.6) is 0 Å². The van der Waals surface area contributed by atoms with Gasteiger partial charge in [0.1, 0.15) is 6.04 Å². The summed E-state index contributed by atoms with van der Waals surface area (Å²) in [5.41, 5.74) is 0.436. The molecule has 1 fully saturated rings. The zero-order valence-corrected chi connectivity index (χ0v) is 20.4. The van der Waals surface area contributed by atoms with E-state index in [0.29, 0.717) is 29.1 Å². The second-order valence-corrected chi connectivity index (χ2v) is 10.7. The summed E-state index contributed by atoms with van der Waals surface area (Å²) >= 11 is 12.1. The number of carboxylic acid groups (broad SMARTS) is 1. The number of carboxylic acids is 1. The summed E-state index contributed by atoms with van der Waals surface area (Å²) < 4.78 is 15.1. The van der Waals surface area contributed by atoms with E-state index in [0.717, 1.165) is 12.8 Å². The molecular weight excluding hydrogens is 480 g/mol. The molecule has 1 aromatic carbocycles. The number of nitrogens with zero attached hydrogens (tertiary/aromatic N) is 1. The SMILES string of the molecule is CC1(C)CCC2(CC1)CC(=O)Nc1cc(Cl)ccc1/C=C(\c1ccnc(Cl)c1F)[C@H](C(=O)O)N2. The lowest BCUT2D eigenvalue weighted by Crippen LogP contribution is -2.57. The van der Waals surface area contributed by atoms with E-state index in [1.807, 2.05) is 0 Å². The van der Waals surface area contributed by atoms with Crippen molar-refractivity contribution in [1.82, 2.24) is 10.3 Å². The van der Waals surface area contributed by atoms with Crippen molar-refractivity contribution in [3.63, 3.8) is 0 Å². The molecule has 1 aromatic heterocycles. The molecule has 0 unspecified atom stereocenters. The molecule has 6 nitrogen and oxygen atoms in total. The minimum Gasteiger partial charge on any atom is -0.480 e. The van der Waals surface area contributed by atoms with Crippen LogP contribution in [0.1, 0.15) is 57.1 Å². The predicted octanol–water partition coefficient (Wildman–Crippen LogP) is 5.79. The summed E-state index contributed by atoms with van der Waals surface area (Å²) in [7, 11) is 0. The molecule has 2 aliphatic rings. The first kappa shape index (κ1) is 24.6. The van der Waals surface area contributed by atoms with Crippen molar-refractivity contribution < 1.29 is 19.1 Å². The average molecular weight is 506 g/mol. The molecule has 3 N–H and O–H groups in total. The second kappa shape index (κ2) is 9.29. The Morgan fingerprint density at radius 1 is 1.18 bits per heavy atom. The first-order valence-corrected chi connectivity index (χ1v) is 11.9. The fourth-order valence-electron chi connectivity index (χ4n) is 4.75. The average Bonchev–Trinajstić information content (AvgIpc) is 2.76. The van der Waals surface area contributed by atoms with Gasteiger partial charge in [-0.2, -0.15) is 0 Å². The van der Waals surface area contributed by atoms with Gasteiger partial charge in [0, 0.05) is 34.4 Å². The lowest BCUT2D eigenvalue weighted by Gasteiger charge is -2.45. The number of anilines is 1. The van der Waals surface area contributed by atoms with Crippen LogP contribution >= 0.6 is 23.2 Å². The Balaban J connectivity index is 1.92. The predicted molar refractivity (Wildman–Crippen MR) is 131 cm³/mol. The number of carbonyl (C=O) groups is 2. The maximum absolute atomic E-state index is 15.1. The Hall–Kier alpha value is -2.48. The van der Waals surface area contributed by atoms with Crippen LogP contribution in [0.3, 0.4) is 0 Å². The van der Waals surface area contributed by atoms with Crippen LogP contribution in [0, 0.1) is 11.2 Å². The number of hydrogen-bond donors (Lipinski definition) is 3. The van der Waals surface area contributed by atoms with Gasteiger partial charge < -0.3 is 10.4 Å². The first-order valence-electron chi connectivity index (χ1n) is 11.1. The van der Waals surface area contributed by atoms with Gasteiger partial charge in [-0.1, -0.05) is 43.1 Å². The second-order valence-electron chi connectivity index (χ2n) is 9.88. The topological polar surface area (TPSA) is 91.3 Å². The highest BCUT2D eigenvalue weighted by Gasteiger charge is 2.43. The lowest BCUT2D eigenvalue weighted by atomic mass is 9.67. The van der Waals surface area contributed by atoms with Gasteiger partial charge in [-0.05, 0) is 66.5 Å². The number of pyridine rings is 1. The Bertz CT molecular complexity index is 1170. The third-order valence-electron chi connectivity index (χ3n) is 6.83. The Morgan fingerprint density at radius 3 is 2.56 bits per heavy atom. The van der Waals surface area contributed by atoms with Gasteiger partial charge in [0.2, 0.25) is 5.91 Å². The van der Waals surface area contributed by atoms with Gasteiger partial charge in [0.05, 0.1) is 0 Å². The van der Waals surface area contributed by atoms with Gasteiger partial charge in [-0.3, -0.25) is 14.9 Å². The van der Waals surface area contributed by atoms with E-state index in [2.05, 4.69) is 29.5 Å². The normalized spacial score (nSPS) is 23.4. The Labute approximate surface area is 207 Å². The molecule has 180 valence electrons. The van der Waals surface area contributed by atoms with E-state index in [1.165, 1.54) is 12.3 Å². The smallest absolute Gasteiger partial charge is 0.325 e. The van der Waals surface area contributed by atoms with Gasteiger partial charge in [-0.15, -0.1) is 0 Å². The molecular formula is C25H26Cl2FN3O3. The summed E-state index contributed by atoms with van der Waals surface area (Å²) in [6, 6.07) is 4.99. The number of halogens is 3. The Morgan fingerprint density at radius 2 is 1.88 bits per heavy atom. The van der Waals surface area contributed by atoms with Gasteiger partial charge in [-0.25, -0.2) is 9.37 Å². The van der Waals surface area contributed by atoms with Gasteiger partial charge >= 0.3 is 5.97 Å². The molecule has 0 saturated heterocycles. The number of aromatic nitrogens is 1. The van der Waals surface area contributed by atoms with Crippen LogP contribution in [-0.4, -0.2) is 33.5 Å². The summed E-state index contributed by atoms with van der Waals surface area (Å²) in [6.07, 6.45) is 5.80. The third-order valence-corrected chi connectivity index (χ3v) is 7.32. The zero-order valence-electron chi connectivity index (χ0n) is 18.9. The number of aliphatic carboxylic acids is 1. The molecule has 0 bridgehead atoms. The van der Waals surface area contributed by atoms with Crippen molar-refractivity contribution >= 4 is 52.4 Å². The fraction of sp³-hybridized carbons (Fsp3) is 0.400. The van der Waals surface area contributed by atoms with E-state index in [-0.39, 0.29) is 34.0 Å². The summed E-state index contributed by atoms with van der Waals surface area (Å²) in [6.45, 7) is 4.32. The molecule has 1 spiro atoms. The van der Waals surface area contributed by atoms with Crippen LogP contribution in [0.15, 0.2) is 30.5 Å². The van der Waals surface area contributed by atoms with Crippen LogP contribution in [0.2, 0.25) is 10.2 Å². The van der Waals surface area contributed by atoms with Crippen LogP contribution in [0.4, 0.5) is 10.1 Å². The summed E-state index contributed by atoms with van der Waals surface area (Å²) in [5.74, 6) is -2.23. The number of amides is 1. The molecule has 2 aromatic rings. The highest BCUT2D eigenvalue weighted by atomic mass is 35.5. The molecule has 34 heavy (non-hydrogen) atoms. The molecule has 1 amide bonds. The standard InChI is InChI=1S/C25H26Cl2FN3O3/c1-24(2)6-8-25(9-7-24)13-19(32)30-18-12-15(26)4-3-14(18)11-17(21(31-25)23(33)34)16-5-10-29-22(27)20(16)28/h3-5,10-12,21,31H,6-9,13H2,1-2H3,(H,30,32)(H,33,34)/b17-11+/t21-/m1/s1. The van der Waals surface area contributed by atoms with E-state index in [1.54, 1.807) is 24.3 Å². The Kier molecular flexibility index (Phi) is 6.73. The molecule has 1 atom stereocenters. The quantitative estimate of drug-likeness (QED) is 0.449. The molecule has 2 heterocycles. The van der Waals surface area contributed by atoms with Crippen LogP contribution < -0.4 is 10.6 Å². The van der Waals surface area contributed by atoms with E-state index >= 15 is 4.39 Å². The van der Waals surface area contributed by atoms with Crippen molar-refractivity contribution in [2.24, 2.45) is 5.41 Å². The molecule has 1 aliphatic heterocycles. The minimum absolute atomic E-state index is 0.0268. The largest absolute Gasteiger partial charge is 0.480 e. The maximum Gasteiger partial charge on any atom is 0.325 e. The number of fused-ring (bicyclic) bond motifs is 1. The fourth-order valence-corrected chi connectivity index (χ4v) is 5.08. The number of benzene rings is 1. The maximum atomic E-state index is 15.1. The number of rotatable bonds is 2. The van der Waals surface area contributed by atoms with Gasteiger partial charge in [0.15, 0.2) is 11.0 Å². The number of hydrogen-bond acceptors (Lipinski definition) is 4. The minimum atomic E-state index is -1.29. The van der Waals surface area contributed by atoms with E-state index in [4.69, 9.17) is 23.2 Å². The molecule has 1 aliphatic carbocycles. The van der Waals surface area contributed by atoms with Gasteiger partial charge in [0.25, 0.3) is 0 Å². The lowest BCUT2D eigenvalue weighted by molar-refractivity contribution is -0.139. The van der Waals surface area contributed by atoms with E-state index in [9.17, 15) is 14.7 Å². The first-order chi connectivity index (χ1) is 16.0. The number of nitrogens with one attached hydrogen (secondary N) is 2. The molecule has 1 saturated carbocycles. The zero-order chi connectivity index (χ0) is 24.7. The van der Waals surface area contributed by atoms with Crippen LogP contribution in [-0.2, 0) is 9.59 Å². The summed E-state index contributed by atoms with van der Waals surface area (Å²) in [5, 5.41) is 16.5. The van der Waals surface area contributed by atoms with E-state index < -0.39 is 23.4 Å². The molecule has 0 radical (unpaired) electrons. The van der Waals surface area contributed by atoms with Crippen molar-refractivity contribution in [1.29, 1.82) is 0 Å². The number of carbonyl (C=O) groups excluding carboxylic acids is 1. The van der Waals surface area contributed by atoms with Crippen LogP contribution in [0.25, 0.3) is 11.6 Å². The third kappa shape index (κ3) is 5.11. The molecule has 4 rings (SSSR count). The monoisotopic (exact) mass is 505 g/mol. The highest BCUT2D eigenvalue weighted by molar-refractivity contribution is 6.31. The highest BCUT2D eigenvalue weighted by Crippen LogP contribution is 2.43. The van der Waals surface area contributed by atoms with Crippen molar-refractivity contribution in [2.45, 2.75) is 57.5 Å². The van der Waals surface area contributed by atoms with Crippen molar-refractivity contribution in [3.8, 4) is 0 Å². The molecule has 9 heteroatoms.